The summed E-state index contributed by atoms with van der Waals surface area (Å²) in [5, 5.41) is 21.0. The van der Waals surface area contributed by atoms with Gasteiger partial charge in [0, 0.05) is 19.4 Å². The quantitative estimate of drug-likeness (QED) is 0.669. The first-order valence-electron chi connectivity index (χ1n) is 5.65. The molecule has 1 unspecified atom stereocenters. The summed E-state index contributed by atoms with van der Waals surface area (Å²) < 4.78 is 5.01. The van der Waals surface area contributed by atoms with Crippen LogP contribution in [0.4, 0.5) is 5.82 Å². The van der Waals surface area contributed by atoms with Crippen molar-refractivity contribution in [3.8, 4) is 0 Å². The van der Waals surface area contributed by atoms with Gasteiger partial charge in [-0.15, -0.1) is 0 Å². The third-order valence-corrected chi connectivity index (χ3v) is 2.45. The maximum absolute atomic E-state index is 11.1. The Morgan fingerprint density at radius 3 is 2.83 bits per heavy atom. The van der Waals surface area contributed by atoms with E-state index < -0.39 is 5.97 Å². The number of aliphatic hydroxyl groups excluding tert-OH is 1. The minimum Gasteiger partial charge on any atom is -0.478 e. The largest absolute Gasteiger partial charge is 0.478 e. The van der Waals surface area contributed by atoms with Crippen molar-refractivity contribution >= 4 is 11.8 Å². The highest BCUT2D eigenvalue weighted by Crippen LogP contribution is 2.15. The zero-order valence-corrected chi connectivity index (χ0v) is 10.5. The average molecular weight is 254 g/mol. The van der Waals surface area contributed by atoms with Crippen LogP contribution in [0.5, 0.6) is 0 Å². The molecule has 0 amide bonds. The number of carboxylic acid groups (broad SMARTS) is 1. The standard InChI is InChI=1S/C12H18N2O4/c1-8-3-4-10(12(16)17)11(13-8)14-9(5-6-15)7-18-2/h3-4,9,15H,5-7H2,1-2H3,(H,13,14)(H,16,17). The minimum atomic E-state index is -1.04. The van der Waals surface area contributed by atoms with Crippen molar-refractivity contribution in [1.29, 1.82) is 0 Å². The lowest BCUT2D eigenvalue weighted by molar-refractivity contribution is 0.0697. The van der Waals surface area contributed by atoms with Gasteiger partial charge in [0.1, 0.15) is 11.4 Å². The molecule has 18 heavy (non-hydrogen) atoms. The van der Waals surface area contributed by atoms with Gasteiger partial charge in [0.05, 0.1) is 12.6 Å². The first-order valence-corrected chi connectivity index (χ1v) is 5.65. The zero-order chi connectivity index (χ0) is 13.5. The first-order chi connectivity index (χ1) is 8.58. The van der Waals surface area contributed by atoms with Crippen molar-refractivity contribution in [3.63, 3.8) is 0 Å². The van der Waals surface area contributed by atoms with Crippen LogP contribution in [0, 0.1) is 6.92 Å². The molecule has 0 aliphatic heterocycles. The molecule has 0 aliphatic rings. The Balaban J connectivity index is 2.92. The molecule has 6 heteroatoms. The molecule has 1 aromatic heterocycles. The van der Waals surface area contributed by atoms with E-state index in [0.29, 0.717) is 18.8 Å². The van der Waals surface area contributed by atoms with Crippen LogP contribution in [0.3, 0.4) is 0 Å². The van der Waals surface area contributed by atoms with Gasteiger partial charge in [0.15, 0.2) is 0 Å². The third kappa shape index (κ3) is 3.97. The van der Waals surface area contributed by atoms with Gasteiger partial charge in [-0.2, -0.15) is 0 Å². The summed E-state index contributed by atoms with van der Waals surface area (Å²) in [6, 6.07) is 2.98. The molecule has 6 nitrogen and oxygen atoms in total. The summed E-state index contributed by atoms with van der Waals surface area (Å²) in [6.45, 7) is 2.15. The molecule has 0 spiro atoms. The lowest BCUT2D eigenvalue weighted by Gasteiger charge is -2.18. The Bertz CT molecular complexity index is 403. The van der Waals surface area contributed by atoms with Crippen LogP contribution in [0.1, 0.15) is 22.5 Å². The molecule has 0 bridgehead atoms. The second-order valence-electron chi connectivity index (χ2n) is 3.96. The summed E-state index contributed by atoms with van der Waals surface area (Å²) in [6.07, 6.45) is 0.461. The lowest BCUT2D eigenvalue weighted by Crippen LogP contribution is -2.27. The molecular formula is C12H18N2O4. The maximum Gasteiger partial charge on any atom is 0.339 e. The van der Waals surface area contributed by atoms with Crippen molar-refractivity contribution in [2.24, 2.45) is 0 Å². The Labute approximate surface area is 106 Å². The number of carboxylic acids is 1. The second kappa shape index (κ2) is 6.93. The number of carbonyl (C=O) groups is 1. The van der Waals surface area contributed by atoms with Gasteiger partial charge in [0.25, 0.3) is 0 Å². The number of rotatable bonds is 7. The summed E-state index contributed by atoms with van der Waals surface area (Å²) in [7, 11) is 1.55. The number of hydrogen-bond donors (Lipinski definition) is 3. The molecule has 0 saturated heterocycles. The molecule has 0 aliphatic carbocycles. The van der Waals surface area contributed by atoms with E-state index in [-0.39, 0.29) is 18.2 Å². The molecule has 1 aromatic rings. The number of aliphatic hydroxyl groups is 1. The normalized spacial score (nSPS) is 12.2. The first kappa shape index (κ1) is 14.4. The van der Waals surface area contributed by atoms with Gasteiger partial charge >= 0.3 is 5.97 Å². The highest BCUT2D eigenvalue weighted by Gasteiger charge is 2.15. The zero-order valence-electron chi connectivity index (χ0n) is 10.5. The van der Waals surface area contributed by atoms with Crippen molar-refractivity contribution in [2.45, 2.75) is 19.4 Å². The Hall–Kier alpha value is -1.66. The smallest absolute Gasteiger partial charge is 0.339 e. The van der Waals surface area contributed by atoms with Crippen molar-refractivity contribution in [1.82, 2.24) is 4.98 Å². The van der Waals surface area contributed by atoms with E-state index in [4.69, 9.17) is 14.9 Å². The van der Waals surface area contributed by atoms with Crippen LogP contribution in [-0.2, 0) is 4.74 Å². The monoisotopic (exact) mass is 254 g/mol. The average Bonchev–Trinajstić information content (AvgIpc) is 2.29. The molecule has 1 rings (SSSR count). The fourth-order valence-corrected chi connectivity index (χ4v) is 1.59. The van der Waals surface area contributed by atoms with Crippen molar-refractivity contribution in [3.05, 3.63) is 23.4 Å². The highest BCUT2D eigenvalue weighted by atomic mass is 16.5. The van der Waals surface area contributed by atoms with E-state index in [1.165, 1.54) is 6.07 Å². The molecular weight excluding hydrogens is 236 g/mol. The van der Waals surface area contributed by atoms with Crippen LogP contribution in [0.25, 0.3) is 0 Å². The fourth-order valence-electron chi connectivity index (χ4n) is 1.59. The molecule has 0 saturated carbocycles. The van der Waals surface area contributed by atoms with E-state index >= 15 is 0 Å². The summed E-state index contributed by atoms with van der Waals surface area (Å²) >= 11 is 0. The number of aryl methyl sites for hydroxylation is 1. The van der Waals surface area contributed by atoms with E-state index in [2.05, 4.69) is 10.3 Å². The van der Waals surface area contributed by atoms with Crippen molar-refractivity contribution < 1.29 is 19.7 Å². The SMILES string of the molecule is COCC(CCO)Nc1nc(C)ccc1C(=O)O. The van der Waals surface area contributed by atoms with E-state index in [9.17, 15) is 4.79 Å². The summed E-state index contributed by atoms with van der Waals surface area (Å²) in [5.41, 5.74) is 0.835. The number of methoxy groups -OCH3 is 1. The van der Waals surface area contributed by atoms with Crippen LogP contribution in [0.2, 0.25) is 0 Å². The highest BCUT2D eigenvalue weighted by molar-refractivity contribution is 5.93. The molecule has 0 fully saturated rings. The Kier molecular flexibility index (Phi) is 5.54. The number of aromatic nitrogens is 1. The summed E-state index contributed by atoms with van der Waals surface area (Å²) in [5.74, 6) is -0.733. The molecule has 3 N–H and O–H groups in total. The number of anilines is 1. The van der Waals surface area contributed by atoms with Gasteiger partial charge in [-0.25, -0.2) is 9.78 Å². The number of aromatic carboxylic acids is 1. The van der Waals surface area contributed by atoms with Gasteiger partial charge in [-0.3, -0.25) is 0 Å². The fraction of sp³-hybridized carbons (Fsp3) is 0.500. The van der Waals surface area contributed by atoms with Gasteiger partial charge < -0.3 is 20.3 Å². The number of ether oxygens (including phenoxy) is 1. The number of pyridine rings is 1. The van der Waals surface area contributed by atoms with Crippen molar-refractivity contribution in [2.75, 3.05) is 25.6 Å². The van der Waals surface area contributed by atoms with E-state index in [1.807, 2.05) is 0 Å². The molecule has 100 valence electrons. The third-order valence-electron chi connectivity index (χ3n) is 2.45. The molecule has 0 radical (unpaired) electrons. The number of hydrogen-bond acceptors (Lipinski definition) is 5. The van der Waals surface area contributed by atoms with E-state index in [1.54, 1.807) is 20.1 Å². The topological polar surface area (TPSA) is 91.7 Å². The van der Waals surface area contributed by atoms with Crippen LogP contribution in [-0.4, -0.2) is 47.5 Å². The van der Waals surface area contributed by atoms with Crippen LogP contribution < -0.4 is 5.32 Å². The van der Waals surface area contributed by atoms with Gasteiger partial charge in [-0.1, -0.05) is 0 Å². The Morgan fingerprint density at radius 2 is 2.28 bits per heavy atom. The van der Waals surface area contributed by atoms with Gasteiger partial charge in [0.2, 0.25) is 0 Å². The second-order valence-corrected chi connectivity index (χ2v) is 3.96. The molecule has 1 heterocycles. The maximum atomic E-state index is 11.1. The van der Waals surface area contributed by atoms with Gasteiger partial charge in [-0.05, 0) is 25.5 Å². The predicted octanol–water partition coefficient (Wildman–Crippen LogP) is 0.898. The number of nitrogens with zero attached hydrogens (tertiary/aromatic N) is 1. The van der Waals surface area contributed by atoms with Crippen LogP contribution >= 0.6 is 0 Å². The molecule has 1 atom stereocenters. The Morgan fingerprint density at radius 1 is 1.56 bits per heavy atom. The number of nitrogens with one attached hydrogen (secondary N) is 1. The minimum absolute atomic E-state index is 0.00472. The molecule has 0 aromatic carbocycles. The predicted molar refractivity (Wildman–Crippen MR) is 66.9 cm³/mol. The van der Waals surface area contributed by atoms with E-state index in [0.717, 1.165) is 5.69 Å². The summed E-state index contributed by atoms with van der Waals surface area (Å²) in [4.78, 5) is 15.2. The lowest BCUT2D eigenvalue weighted by atomic mass is 10.2. The van der Waals surface area contributed by atoms with Crippen LogP contribution in [0.15, 0.2) is 12.1 Å².